The zero-order chi connectivity index (χ0) is 13.9. The Kier molecular flexibility index (Phi) is 3.33. The van der Waals surface area contributed by atoms with Crippen LogP contribution in [0.4, 0.5) is 4.39 Å². The van der Waals surface area contributed by atoms with Crippen LogP contribution in [0, 0.1) is 6.92 Å². The Labute approximate surface area is 117 Å². The van der Waals surface area contributed by atoms with Crippen LogP contribution in [0.2, 0.25) is 0 Å². The maximum absolute atomic E-state index is 12.9. The maximum atomic E-state index is 12.9. The molecule has 0 N–H and O–H groups in total. The van der Waals surface area contributed by atoms with Crippen LogP contribution in [-0.4, -0.2) is 9.78 Å². The van der Waals surface area contributed by atoms with Crippen molar-refractivity contribution in [3.63, 3.8) is 0 Å². The summed E-state index contributed by atoms with van der Waals surface area (Å²) in [4.78, 5) is 0. The van der Waals surface area contributed by atoms with Gasteiger partial charge in [-0.15, -0.1) is 0 Å². The molecule has 0 aliphatic heterocycles. The third-order valence-corrected chi connectivity index (χ3v) is 3.24. The first-order chi connectivity index (χ1) is 9.78. The van der Waals surface area contributed by atoms with Crippen molar-refractivity contribution in [3.8, 4) is 16.9 Å². The fourth-order valence-corrected chi connectivity index (χ4v) is 2.19. The van der Waals surface area contributed by atoms with Gasteiger partial charge in [0.05, 0.1) is 17.1 Å². The highest BCUT2D eigenvalue weighted by molar-refractivity contribution is 5.62. The van der Waals surface area contributed by atoms with Crippen molar-refractivity contribution in [2.75, 3.05) is 0 Å². The molecule has 0 aliphatic rings. The van der Waals surface area contributed by atoms with E-state index in [-0.39, 0.29) is 0 Å². The summed E-state index contributed by atoms with van der Waals surface area (Å²) in [6.45, 7) is 1.48. The molecule has 3 aromatic rings. The fraction of sp³-hybridized carbons (Fsp3) is 0.118. The summed E-state index contributed by atoms with van der Waals surface area (Å²) < 4.78 is 14.7. The summed E-state index contributed by atoms with van der Waals surface area (Å²) in [6, 6.07) is 19.8. The van der Waals surface area contributed by atoms with Crippen molar-refractivity contribution in [3.05, 3.63) is 71.9 Å². The first kappa shape index (κ1) is 12.6. The first-order valence-corrected chi connectivity index (χ1v) is 6.55. The molecule has 0 saturated heterocycles. The number of hydrogen-bond acceptors (Lipinski definition) is 1. The Bertz CT molecular complexity index is 700. The van der Waals surface area contributed by atoms with Crippen molar-refractivity contribution in [1.29, 1.82) is 0 Å². The molecule has 0 atom stereocenters. The van der Waals surface area contributed by atoms with Gasteiger partial charge in [0.25, 0.3) is 0 Å². The minimum atomic E-state index is -0.557. The molecule has 0 spiro atoms. The van der Waals surface area contributed by atoms with Crippen LogP contribution in [0.1, 0.15) is 11.3 Å². The quantitative estimate of drug-likeness (QED) is 0.690. The Morgan fingerprint density at radius 3 is 2.35 bits per heavy atom. The molecule has 1 aromatic heterocycles. The SMILES string of the molecule is Cc1ccc(-n2nc(CF)cc2-c2ccccc2)cc1. The maximum Gasteiger partial charge on any atom is 0.133 e. The number of hydrogen-bond donors (Lipinski definition) is 0. The van der Waals surface area contributed by atoms with Crippen molar-refractivity contribution in [2.45, 2.75) is 13.6 Å². The average molecular weight is 266 g/mol. The van der Waals surface area contributed by atoms with E-state index in [9.17, 15) is 4.39 Å². The summed E-state index contributed by atoms with van der Waals surface area (Å²) >= 11 is 0. The summed E-state index contributed by atoms with van der Waals surface area (Å²) in [6.07, 6.45) is 0. The van der Waals surface area contributed by atoms with Crippen LogP contribution in [0.5, 0.6) is 0 Å². The molecule has 1 heterocycles. The zero-order valence-corrected chi connectivity index (χ0v) is 11.3. The van der Waals surface area contributed by atoms with Gasteiger partial charge in [-0.05, 0) is 25.1 Å². The van der Waals surface area contributed by atoms with Gasteiger partial charge in [-0.25, -0.2) is 9.07 Å². The summed E-state index contributed by atoms with van der Waals surface area (Å²) in [5.74, 6) is 0. The molecule has 0 saturated carbocycles. The first-order valence-electron chi connectivity index (χ1n) is 6.55. The molecule has 20 heavy (non-hydrogen) atoms. The lowest BCUT2D eigenvalue weighted by Gasteiger charge is -2.07. The molecule has 0 aliphatic carbocycles. The van der Waals surface area contributed by atoms with Crippen LogP contribution in [-0.2, 0) is 6.67 Å². The van der Waals surface area contributed by atoms with Gasteiger partial charge < -0.3 is 0 Å². The van der Waals surface area contributed by atoms with Gasteiger partial charge >= 0.3 is 0 Å². The van der Waals surface area contributed by atoms with Crippen molar-refractivity contribution in [2.24, 2.45) is 0 Å². The van der Waals surface area contributed by atoms with E-state index >= 15 is 0 Å². The van der Waals surface area contributed by atoms with E-state index in [1.807, 2.05) is 61.5 Å². The second-order valence-electron chi connectivity index (χ2n) is 4.77. The van der Waals surface area contributed by atoms with Crippen LogP contribution < -0.4 is 0 Å². The highest BCUT2D eigenvalue weighted by Crippen LogP contribution is 2.24. The van der Waals surface area contributed by atoms with E-state index in [0.29, 0.717) is 5.69 Å². The molecular weight excluding hydrogens is 251 g/mol. The van der Waals surface area contributed by atoms with Gasteiger partial charge in [-0.2, -0.15) is 5.10 Å². The highest BCUT2D eigenvalue weighted by Gasteiger charge is 2.11. The van der Waals surface area contributed by atoms with Gasteiger partial charge in [0.1, 0.15) is 6.67 Å². The van der Waals surface area contributed by atoms with E-state index in [1.54, 1.807) is 10.7 Å². The number of rotatable bonds is 3. The van der Waals surface area contributed by atoms with Crippen molar-refractivity contribution in [1.82, 2.24) is 9.78 Å². The minimum absolute atomic E-state index is 0.449. The summed E-state index contributed by atoms with van der Waals surface area (Å²) in [5, 5.41) is 4.35. The van der Waals surface area contributed by atoms with E-state index < -0.39 is 6.67 Å². The minimum Gasteiger partial charge on any atom is -0.244 e. The standard InChI is InChI=1S/C17H15FN2/c1-13-7-9-16(10-8-13)20-17(11-15(12-18)19-20)14-5-3-2-4-6-14/h2-11H,12H2,1H3. The molecule has 0 fully saturated rings. The van der Waals surface area contributed by atoms with Crippen LogP contribution in [0.25, 0.3) is 16.9 Å². The van der Waals surface area contributed by atoms with Gasteiger partial charge in [0.15, 0.2) is 0 Å². The number of alkyl halides is 1. The largest absolute Gasteiger partial charge is 0.244 e. The van der Waals surface area contributed by atoms with Crippen molar-refractivity contribution < 1.29 is 4.39 Å². The predicted octanol–water partition coefficient (Wildman–Crippen LogP) is 4.32. The van der Waals surface area contributed by atoms with E-state index in [1.165, 1.54) is 5.56 Å². The Morgan fingerprint density at radius 2 is 1.70 bits per heavy atom. The van der Waals surface area contributed by atoms with E-state index in [4.69, 9.17) is 0 Å². The third-order valence-electron chi connectivity index (χ3n) is 3.24. The van der Waals surface area contributed by atoms with Gasteiger partial charge in [-0.3, -0.25) is 0 Å². The Hall–Kier alpha value is -2.42. The summed E-state index contributed by atoms with van der Waals surface area (Å²) in [5.41, 5.74) is 4.51. The van der Waals surface area contributed by atoms with Crippen LogP contribution in [0.3, 0.4) is 0 Å². The second-order valence-corrected chi connectivity index (χ2v) is 4.77. The van der Waals surface area contributed by atoms with Gasteiger partial charge in [0.2, 0.25) is 0 Å². The molecule has 2 aromatic carbocycles. The van der Waals surface area contributed by atoms with Crippen LogP contribution >= 0.6 is 0 Å². The summed E-state index contributed by atoms with van der Waals surface area (Å²) in [7, 11) is 0. The molecule has 2 nitrogen and oxygen atoms in total. The lowest BCUT2D eigenvalue weighted by atomic mass is 10.1. The monoisotopic (exact) mass is 266 g/mol. The lowest BCUT2D eigenvalue weighted by molar-refractivity contribution is 0.473. The topological polar surface area (TPSA) is 17.8 Å². The molecule has 0 amide bonds. The number of aryl methyl sites for hydroxylation is 1. The van der Waals surface area contributed by atoms with Crippen molar-refractivity contribution >= 4 is 0 Å². The number of halogens is 1. The molecule has 100 valence electrons. The molecule has 0 bridgehead atoms. The molecular formula is C17H15FN2. The third kappa shape index (κ3) is 2.35. The molecule has 0 radical (unpaired) electrons. The normalized spacial score (nSPS) is 10.7. The number of nitrogens with zero attached hydrogens (tertiary/aromatic N) is 2. The molecule has 3 rings (SSSR count). The van der Waals surface area contributed by atoms with Gasteiger partial charge in [-0.1, -0.05) is 48.0 Å². The van der Waals surface area contributed by atoms with Crippen LogP contribution in [0.15, 0.2) is 60.7 Å². The zero-order valence-electron chi connectivity index (χ0n) is 11.3. The predicted molar refractivity (Wildman–Crippen MR) is 78.5 cm³/mol. The number of aromatic nitrogens is 2. The highest BCUT2D eigenvalue weighted by atomic mass is 19.1. The Morgan fingerprint density at radius 1 is 1.00 bits per heavy atom. The molecule has 0 unspecified atom stereocenters. The second kappa shape index (κ2) is 5.29. The van der Waals surface area contributed by atoms with E-state index in [2.05, 4.69) is 5.10 Å². The fourth-order valence-electron chi connectivity index (χ4n) is 2.19. The average Bonchev–Trinajstić information content (AvgIpc) is 2.93. The Balaban J connectivity index is 2.15. The van der Waals surface area contributed by atoms with E-state index in [0.717, 1.165) is 16.9 Å². The number of benzene rings is 2. The lowest BCUT2D eigenvalue weighted by Crippen LogP contribution is -1.99. The molecule has 3 heteroatoms. The smallest absolute Gasteiger partial charge is 0.133 e. The van der Waals surface area contributed by atoms with Gasteiger partial charge in [0, 0.05) is 5.56 Å².